The summed E-state index contributed by atoms with van der Waals surface area (Å²) in [5.41, 5.74) is -0.663. The van der Waals surface area contributed by atoms with E-state index in [4.69, 9.17) is 9.84 Å². The minimum absolute atomic E-state index is 0.311. The molecule has 1 aromatic carbocycles. The predicted octanol–water partition coefficient (Wildman–Crippen LogP) is 2.37. The lowest BCUT2D eigenvalue weighted by Crippen LogP contribution is -2.50. The molecule has 1 N–H and O–H groups in total. The van der Waals surface area contributed by atoms with Crippen molar-refractivity contribution in [3.8, 4) is 0 Å². The molecule has 9 heteroatoms. The molecule has 0 aromatic heterocycles. The van der Waals surface area contributed by atoms with Crippen molar-refractivity contribution >= 4 is 23.4 Å². The van der Waals surface area contributed by atoms with Gasteiger partial charge in [0.2, 0.25) is 0 Å². The second-order valence-corrected chi connectivity index (χ2v) is 7.31. The van der Waals surface area contributed by atoms with Gasteiger partial charge in [-0.2, -0.15) is 0 Å². The van der Waals surface area contributed by atoms with Gasteiger partial charge in [0.1, 0.15) is 16.9 Å². The third kappa shape index (κ3) is 4.84. The highest BCUT2D eigenvalue weighted by Crippen LogP contribution is 2.30. The fourth-order valence-electron chi connectivity index (χ4n) is 2.71. The zero-order chi connectivity index (χ0) is 19.7. The predicted molar refractivity (Wildman–Crippen MR) is 97.9 cm³/mol. The second kappa shape index (κ2) is 7.10. The summed E-state index contributed by atoms with van der Waals surface area (Å²) in [5, 5.41) is 32.7. The van der Waals surface area contributed by atoms with Crippen LogP contribution in [0.2, 0.25) is 0 Å². The number of hydroxylamine groups is 2. The molecule has 1 aliphatic heterocycles. The van der Waals surface area contributed by atoms with Gasteiger partial charge >= 0.3 is 12.1 Å². The Hall–Kier alpha value is -2.36. The minimum atomic E-state index is -2.08. The first-order valence-electron chi connectivity index (χ1n) is 8.28. The number of quaternary nitrogens is 1. The Morgan fingerprint density at radius 1 is 1.15 bits per heavy atom. The van der Waals surface area contributed by atoms with Gasteiger partial charge in [-0.15, -0.1) is 0 Å². The Balaban J connectivity index is 2.12. The number of carboxylic acid groups (broad SMARTS) is 1. The maximum absolute atomic E-state index is 12.1. The zero-order valence-electron chi connectivity index (χ0n) is 15.4. The van der Waals surface area contributed by atoms with E-state index >= 15 is 0 Å². The Kier molecular flexibility index (Phi) is 5.45. The number of carbonyl (C=O) groups excluding carboxylic acids is 1. The summed E-state index contributed by atoms with van der Waals surface area (Å²) in [6.07, 6.45) is -0.387. The van der Waals surface area contributed by atoms with Crippen molar-refractivity contribution in [1.82, 2.24) is 9.71 Å². The number of piperazine rings is 1. The second-order valence-electron chi connectivity index (χ2n) is 7.31. The van der Waals surface area contributed by atoms with Gasteiger partial charge in [-0.25, -0.2) is 9.59 Å². The van der Waals surface area contributed by atoms with Gasteiger partial charge in [0.25, 0.3) is 0 Å². The highest BCUT2D eigenvalue weighted by Gasteiger charge is 2.27. The lowest BCUT2D eigenvalue weighted by molar-refractivity contribution is 0.0240. The molecule has 1 amide bonds. The van der Waals surface area contributed by atoms with E-state index in [9.17, 15) is 20.0 Å². The Bertz CT molecular complexity index is 685. The SMILES string of the molecule is CC(C)(C)OC(=O)N1CCN(c2ccc(C(=O)O)c([N+](C)([O-])[O-])c2)CC1. The van der Waals surface area contributed by atoms with E-state index in [0.717, 1.165) is 7.05 Å². The van der Waals surface area contributed by atoms with Gasteiger partial charge in [-0.05, 0) is 32.9 Å². The van der Waals surface area contributed by atoms with Crippen LogP contribution in [0.3, 0.4) is 0 Å². The summed E-state index contributed by atoms with van der Waals surface area (Å²) >= 11 is 0. The summed E-state index contributed by atoms with van der Waals surface area (Å²) in [6, 6.07) is 4.14. The fourth-order valence-corrected chi connectivity index (χ4v) is 2.71. The van der Waals surface area contributed by atoms with E-state index in [1.807, 2.05) is 4.90 Å². The van der Waals surface area contributed by atoms with Crippen molar-refractivity contribution in [2.24, 2.45) is 0 Å². The monoisotopic (exact) mass is 366 g/mol. The number of amides is 1. The van der Waals surface area contributed by atoms with Crippen LogP contribution in [0.4, 0.5) is 16.2 Å². The molecule has 0 atom stereocenters. The lowest BCUT2D eigenvalue weighted by atomic mass is 10.1. The first kappa shape index (κ1) is 20.0. The number of nitrogens with zero attached hydrogens (tertiary/aromatic N) is 3. The van der Waals surface area contributed by atoms with Crippen LogP contribution in [0.5, 0.6) is 0 Å². The molecular formula is C17H24N3O6-. The first-order chi connectivity index (χ1) is 11.9. The topological polar surface area (TPSA) is 116 Å². The van der Waals surface area contributed by atoms with Gasteiger partial charge < -0.3 is 34.9 Å². The third-order valence-corrected chi connectivity index (χ3v) is 3.95. The standard InChI is InChI=1S/C17H24N3O6/c1-17(2,3)26-16(23)19-9-7-18(8-10-19)12-5-6-13(15(21)22)14(11-12)20(4,24)25/h5-6,11H,7-10H2,1-4H3,(H,21,22)/q-1. The number of carbonyl (C=O) groups is 2. The highest BCUT2D eigenvalue weighted by molar-refractivity contribution is 5.95. The molecule has 1 heterocycles. The molecule has 0 spiro atoms. The number of ether oxygens (including phenoxy) is 1. The number of hydrogen-bond acceptors (Lipinski definition) is 6. The average molecular weight is 366 g/mol. The van der Waals surface area contributed by atoms with Crippen LogP contribution in [-0.4, -0.2) is 60.9 Å². The van der Waals surface area contributed by atoms with Crippen LogP contribution in [0.15, 0.2) is 18.2 Å². The lowest BCUT2D eigenvalue weighted by Gasteiger charge is -2.43. The van der Waals surface area contributed by atoms with Crippen LogP contribution in [0.1, 0.15) is 31.1 Å². The maximum atomic E-state index is 12.1. The third-order valence-electron chi connectivity index (χ3n) is 3.95. The normalized spacial score (nSPS) is 15.8. The summed E-state index contributed by atoms with van der Waals surface area (Å²) in [6.45, 7) is 7.20. The van der Waals surface area contributed by atoms with E-state index in [1.165, 1.54) is 12.1 Å². The fraction of sp³-hybridized carbons (Fsp3) is 0.529. The molecule has 0 unspecified atom stereocenters. The number of rotatable bonds is 3. The summed E-state index contributed by atoms with van der Waals surface area (Å²) in [5.74, 6) is -1.32. The average Bonchev–Trinajstić information content (AvgIpc) is 2.52. The van der Waals surface area contributed by atoms with Crippen LogP contribution >= 0.6 is 0 Å². The largest absolute Gasteiger partial charge is 0.626 e. The van der Waals surface area contributed by atoms with Crippen molar-refractivity contribution < 1.29 is 19.4 Å². The molecule has 144 valence electrons. The maximum Gasteiger partial charge on any atom is 0.410 e. The zero-order valence-corrected chi connectivity index (χ0v) is 15.4. The molecule has 0 bridgehead atoms. The Morgan fingerprint density at radius 3 is 2.19 bits per heavy atom. The van der Waals surface area contributed by atoms with Crippen molar-refractivity contribution in [3.05, 3.63) is 34.2 Å². The summed E-state index contributed by atoms with van der Waals surface area (Å²) < 4.78 is 5.34. The number of carboxylic acids is 1. The van der Waals surface area contributed by atoms with E-state index in [1.54, 1.807) is 31.7 Å². The van der Waals surface area contributed by atoms with Crippen LogP contribution in [-0.2, 0) is 4.74 Å². The quantitative estimate of drug-likeness (QED) is 0.645. The molecule has 26 heavy (non-hydrogen) atoms. The molecule has 9 nitrogen and oxygen atoms in total. The number of hydrogen-bond donors (Lipinski definition) is 1. The van der Waals surface area contributed by atoms with Crippen molar-refractivity contribution in [2.75, 3.05) is 38.1 Å². The van der Waals surface area contributed by atoms with Gasteiger partial charge in [-0.1, -0.05) is 0 Å². The molecular weight excluding hydrogens is 342 g/mol. The number of benzene rings is 1. The van der Waals surface area contributed by atoms with Crippen molar-refractivity contribution in [3.63, 3.8) is 0 Å². The van der Waals surface area contributed by atoms with E-state index in [0.29, 0.717) is 31.9 Å². The molecule has 1 saturated heterocycles. The highest BCUT2D eigenvalue weighted by atomic mass is 16.8. The number of anilines is 1. The summed E-state index contributed by atoms with van der Waals surface area (Å²) in [7, 11) is 0.839. The van der Waals surface area contributed by atoms with E-state index < -0.39 is 16.4 Å². The van der Waals surface area contributed by atoms with Gasteiger partial charge in [0, 0.05) is 37.9 Å². The van der Waals surface area contributed by atoms with Crippen LogP contribution < -0.4 is 9.71 Å². The van der Waals surface area contributed by atoms with E-state index in [2.05, 4.69) is 0 Å². The van der Waals surface area contributed by atoms with Crippen LogP contribution in [0.25, 0.3) is 0 Å². The minimum Gasteiger partial charge on any atom is -0.626 e. The van der Waals surface area contributed by atoms with E-state index in [-0.39, 0.29) is 17.3 Å². The molecule has 1 fully saturated rings. The molecule has 0 saturated carbocycles. The molecule has 1 aromatic rings. The Morgan fingerprint density at radius 2 is 1.73 bits per heavy atom. The van der Waals surface area contributed by atoms with Crippen molar-refractivity contribution in [2.45, 2.75) is 26.4 Å². The molecule has 2 rings (SSSR count). The summed E-state index contributed by atoms with van der Waals surface area (Å²) in [4.78, 5) is 24.7. The van der Waals surface area contributed by atoms with Crippen LogP contribution in [0, 0.1) is 10.4 Å². The van der Waals surface area contributed by atoms with Gasteiger partial charge in [-0.3, -0.25) is 0 Å². The Labute approximate surface area is 152 Å². The number of aromatic carboxylic acids is 1. The smallest absolute Gasteiger partial charge is 0.410 e. The van der Waals surface area contributed by atoms with Crippen molar-refractivity contribution in [1.29, 1.82) is 0 Å². The molecule has 1 aliphatic rings. The molecule has 0 aliphatic carbocycles. The molecule has 0 radical (unpaired) electrons. The van der Waals surface area contributed by atoms with Gasteiger partial charge in [0.15, 0.2) is 0 Å². The first-order valence-corrected chi connectivity index (χ1v) is 8.28. The van der Waals surface area contributed by atoms with Gasteiger partial charge in [0.05, 0.1) is 7.05 Å².